The average Bonchev–Trinajstić information content (AvgIpc) is 2.55. The van der Waals surface area contributed by atoms with Gasteiger partial charge in [-0.2, -0.15) is 5.26 Å². The smallest absolute Gasteiger partial charge is 0.412 e. The summed E-state index contributed by atoms with van der Waals surface area (Å²) in [6.07, 6.45) is 3.78. The Morgan fingerprint density at radius 2 is 1.95 bits per heavy atom. The predicted octanol–water partition coefficient (Wildman–Crippen LogP) is 4.05. The van der Waals surface area contributed by atoms with Gasteiger partial charge in [-0.15, -0.1) is 11.6 Å². The highest BCUT2D eigenvalue weighted by molar-refractivity contribution is 6.18. The fourth-order valence-corrected chi connectivity index (χ4v) is 3.04. The van der Waals surface area contributed by atoms with Crippen LogP contribution >= 0.6 is 11.6 Å². The molecule has 1 aromatic rings. The summed E-state index contributed by atoms with van der Waals surface area (Å²) in [5.41, 5.74) is 0.100. The maximum Gasteiger partial charge on any atom is 0.412 e. The number of hydrogen-bond acceptors (Lipinski definition) is 3. The number of nitrogens with zero attached hydrogens (tertiary/aromatic N) is 2. The van der Waals surface area contributed by atoms with E-state index < -0.39 is 11.6 Å². The number of ether oxygens (including phenoxy) is 1. The molecule has 0 aromatic heterocycles. The van der Waals surface area contributed by atoms with E-state index in [9.17, 15) is 10.1 Å². The van der Waals surface area contributed by atoms with Crippen LogP contribution in [0, 0.1) is 11.3 Å². The molecule has 0 unspecified atom stereocenters. The SMILES string of the molecule is N#CC1(N(CCl)C(=O)OCc2ccccc2)CCCCC1. The van der Waals surface area contributed by atoms with Crippen LogP contribution in [0.5, 0.6) is 0 Å². The lowest BCUT2D eigenvalue weighted by atomic mass is 9.82. The third-order valence-corrected chi connectivity index (χ3v) is 4.19. The van der Waals surface area contributed by atoms with E-state index in [1.165, 1.54) is 4.90 Å². The largest absolute Gasteiger partial charge is 0.444 e. The monoisotopic (exact) mass is 306 g/mol. The van der Waals surface area contributed by atoms with E-state index >= 15 is 0 Å². The molecule has 0 atom stereocenters. The van der Waals surface area contributed by atoms with Crippen LogP contribution in [0.4, 0.5) is 4.79 Å². The number of carbonyl (C=O) groups excluding carboxylic acids is 1. The van der Waals surface area contributed by atoms with E-state index in [2.05, 4.69) is 6.07 Å². The molecule has 112 valence electrons. The summed E-state index contributed by atoms with van der Waals surface area (Å²) in [7, 11) is 0. The van der Waals surface area contributed by atoms with Gasteiger partial charge in [0, 0.05) is 0 Å². The van der Waals surface area contributed by atoms with E-state index in [0.717, 1.165) is 24.8 Å². The maximum atomic E-state index is 12.3. The number of alkyl halides is 1. The molecule has 0 spiro atoms. The number of amides is 1. The van der Waals surface area contributed by atoms with Gasteiger partial charge in [0.05, 0.1) is 6.07 Å². The predicted molar refractivity (Wildman–Crippen MR) is 80.6 cm³/mol. The lowest BCUT2D eigenvalue weighted by molar-refractivity contribution is 0.0596. The highest BCUT2D eigenvalue weighted by Crippen LogP contribution is 2.34. The fourth-order valence-electron chi connectivity index (χ4n) is 2.71. The second-order valence-corrected chi connectivity index (χ2v) is 5.53. The van der Waals surface area contributed by atoms with Crippen LogP contribution < -0.4 is 0 Å². The molecule has 0 N–H and O–H groups in total. The first-order valence-corrected chi connectivity index (χ1v) is 7.71. The number of rotatable bonds is 4. The molecule has 5 heteroatoms. The van der Waals surface area contributed by atoms with Crippen LogP contribution in [0.25, 0.3) is 0 Å². The normalized spacial score (nSPS) is 16.8. The fraction of sp³-hybridized carbons (Fsp3) is 0.500. The Balaban J connectivity index is 2.02. The molecule has 2 rings (SSSR count). The highest BCUT2D eigenvalue weighted by atomic mass is 35.5. The molecule has 1 aromatic carbocycles. The Labute approximate surface area is 130 Å². The van der Waals surface area contributed by atoms with Crippen LogP contribution in [-0.4, -0.2) is 22.5 Å². The topological polar surface area (TPSA) is 53.3 Å². The van der Waals surface area contributed by atoms with E-state index in [-0.39, 0.29) is 12.6 Å². The first-order chi connectivity index (χ1) is 10.2. The van der Waals surface area contributed by atoms with Crippen LogP contribution in [-0.2, 0) is 11.3 Å². The number of hydrogen-bond donors (Lipinski definition) is 0. The van der Waals surface area contributed by atoms with Gasteiger partial charge in [0.15, 0.2) is 0 Å². The molecule has 1 amide bonds. The van der Waals surface area contributed by atoms with Crippen LogP contribution in [0.1, 0.15) is 37.7 Å². The van der Waals surface area contributed by atoms with Crippen LogP contribution in [0.2, 0.25) is 0 Å². The van der Waals surface area contributed by atoms with E-state index in [1.54, 1.807) is 0 Å². The van der Waals surface area contributed by atoms with Gasteiger partial charge in [0.25, 0.3) is 0 Å². The third kappa shape index (κ3) is 3.68. The number of nitriles is 1. The Bertz CT molecular complexity index is 507. The zero-order chi connectivity index (χ0) is 15.1. The Morgan fingerprint density at radius 3 is 2.52 bits per heavy atom. The molecule has 1 fully saturated rings. The summed E-state index contributed by atoms with van der Waals surface area (Å²) < 4.78 is 5.31. The molecular weight excluding hydrogens is 288 g/mol. The summed E-state index contributed by atoms with van der Waals surface area (Å²) in [6.45, 7) is 0.189. The van der Waals surface area contributed by atoms with E-state index in [1.807, 2.05) is 30.3 Å². The highest BCUT2D eigenvalue weighted by Gasteiger charge is 2.41. The van der Waals surface area contributed by atoms with Crippen molar-refractivity contribution in [3.8, 4) is 6.07 Å². The van der Waals surface area contributed by atoms with Crippen molar-refractivity contribution < 1.29 is 9.53 Å². The third-order valence-electron chi connectivity index (χ3n) is 3.95. The Morgan fingerprint density at radius 1 is 1.29 bits per heavy atom. The van der Waals surface area contributed by atoms with Gasteiger partial charge in [0.2, 0.25) is 0 Å². The van der Waals surface area contributed by atoms with Gasteiger partial charge in [-0.1, -0.05) is 49.6 Å². The average molecular weight is 307 g/mol. The molecule has 0 heterocycles. The zero-order valence-electron chi connectivity index (χ0n) is 11.9. The van der Waals surface area contributed by atoms with Crippen molar-refractivity contribution in [3.05, 3.63) is 35.9 Å². The summed E-state index contributed by atoms with van der Waals surface area (Å²) >= 11 is 5.92. The quantitative estimate of drug-likeness (QED) is 0.623. The number of carbonyl (C=O) groups is 1. The molecule has 21 heavy (non-hydrogen) atoms. The first-order valence-electron chi connectivity index (χ1n) is 7.17. The maximum absolute atomic E-state index is 12.3. The van der Waals surface area contributed by atoms with Crippen molar-refractivity contribution in [2.75, 3.05) is 6.00 Å². The Kier molecular flexibility index (Phi) is 5.46. The summed E-state index contributed by atoms with van der Waals surface area (Å²) in [5.74, 6) is 0. The summed E-state index contributed by atoms with van der Waals surface area (Å²) in [5, 5.41) is 9.52. The molecule has 1 saturated carbocycles. The summed E-state index contributed by atoms with van der Waals surface area (Å²) in [4.78, 5) is 13.7. The standard InChI is InChI=1S/C16H19ClN2O2/c17-13-19(16(12-18)9-5-2-6-10-16)15(20)21-11-14-7-3-1-4-8-14/h1,3-4,7-8H,2,5-6,9-11,13H2. The first kappa shape index (κ1) is 15.7. The molecule has 1 aliphatic carbocycles. The minimum atomic E-state index is -0.812. The van der Waals surface area contributed by atoms with Crippen molar-refractivity contribution in [2.24, 2.45) is 0 Å². The van der Waals surface area contributed by atoms with Gasteiger partial charge in [-0.3, -0.25) is 4.90 Å². The molecule has 0 bridgehead atoms. The van der Waals surface area contributed by atoms with Crippen LogP contribution in [0.3, 0.4) is 0 Å². The molecule has 0 saturated heterocycles. The Hall–Kier alpha value is -1.73. The van der Waals surface area contributed by atoms with Crippen molar-refractivity contribution in [1.82, 2.24) is 4.90 Å². The van der Waals surface area contributed by atoms with E-state index in [4.69, 9.17) is 16.3 Å². The van der Waals surface area contributed by atoms with E-state index in [0.29, 0.717) is 12.8 Å². The number of benzene rings is 1. The lowest BCUT2D eigenvalue weighted by Crippen LogP contribution is -2.51. The summed E-state index contributed by atoms with van der Waals surface area (Å²) in [6, 6.07) is 11.7. The minimum absolute atomic E-state index is 0.0266. The lowest BCUT2D eigenvalue weighted by Gasteiger charge is -2.39. The van der Waals surface area contributed by atoms with Crippen molar-refractivity contribution in [1.29, 1.82) is 5.26 Å². The molecule has 0 aliphatic heterocycles. The van der Waals surface area contributed by atoms with Gasteiger partial charge in [0.1, 0.15) is 18.1 Å². The van der Waals surface area contributed by atoms with Gasteiger partial charge in [-0.25, -0.2) is 4.79 Å². The molecule has 1 aliphatic rings. The van der Waals surface area contributed by atoms with Gasteiger partial charge < -0.3 is 4.74 Å². The second-order valence-electron chi connectivity index (χ2n) is 5.29. The van der Waals surface area contributed by atoms with Gasteiger partial charge >= 0.3 is 6.09 Å². The minimum Gasteiger partial charge on any atom is -0.444 e. The van der Waals surface area contributed by atoms with Gasteiger partial charge in [-0.05, 0) is 18.4 Å². The van der Waals surface area contributed by atoms with Crippen molar-refractivity contribution >= 4 is 17.7 Å². The zero-order valence-corrected chi connectivity index (χ0v) is 12.7. The van der Waals surface area contributed by atoms with Crippen LogP contribution in [0.15, 0.2) is 30.3 Å². The second kappa shape index (κ2) is 7.33. The molecular formula is C16H19ClN2O2. The number of halogens is 1. The molecule has 0 radical (unpaired) electrons. The van der Waals surface area contributed by atoms with Crippen molar-refractivity contribution in [2.45, 2.75) is 44.2 Å². The molecule has 4 nitrogen and oxygen atoms in total. The van der Waals surface area contributed by atoms with Crippen molar-refractivity contribution in [3.63, 3.8) is 0 Å².